The molecule has 3 heterocycles. The van der Waals surface area contributed by atoms with Gasteiger partial charge in [-0.15, -0.1) is 11.3 Å². The molecule has 0 aliphatic carbocycles. The second-order valence-corrected chi connectivity index (χ2v) is 12.0. The molecule has 4 N–H and O–H groups in total. The molecule has 1 saturated heterocycles. The molecule has 3 amide bonds. The van der Waals surface area contributed by atoms with Gasteiger partial charge in [-0.2, -0.15) is 0 Å². The molecular formula is C31H37N5O5S. The van der Waals surface area contributed by atoms with Crippen LogP contribution < -0.4 is 15.8 Å². The van der Waals surface area contributed by atoms with Crippen molar-refractivity contribution in [3.63, 3.8) is 0 Å². The number of aryl methyl sites for hydroxylation is 1. The van der Waals surface area contributed by atoms with E-state index >= 15 is 0 Å². The summed E-state index contributed by atoms with van der Waals surface area (Å²) in [6, 6.07) is 11.5. The number of ether oxygens (including phenoxy) is 1. The van der Waals surface area contributed by atoms with Gasteiger partial charge in [0.25, 0.3) is 5.91 Å². The molecule has 11 heteroatoms. The monoisotopic (exact) mass is 591 g/mol. The van der Waals surface area contributed by atoms with Gasteiger partial charge in [0.15, 0.2) is 0 Å². The Labute approximate surface area is 249 Å². The van der Waals surface area contributed by atoms with Gasteiger partial charge < -0.3 is 30.7 Å². The highest BCUT2D eigenvalue weighted by Crippen LogP contribution is 2.33. The van der Waals surface area contributed by atoms with Crippen molar-refractivity contribution in [3.05, 3.63) is 70.4 Å². The number of thiazole rings is 1. The normalized spacial score (nSPS) is 18.9. The van der Waals surface area contributed by atoms with E-state index in [0.29, 0.717) is 31.0 Å². The smallest absolute Gasteiger partial charge is 0.255 e. The van der Waals surface area contributed by atoms with Crippen molar-refractivity contribution < 1.29 is 24.2 Å². The minimum Gasteiger partial charge on any atom is -0.492 e. The summed E-state index contributed by atoms with van der Waals surface area (Å²) in [5, 5.41) is 13.5. The van der Waals surface area contributed by atoms with Crippen LogP contribution in [0.3, 0.4) is 0 Å². The average molecular weight is 592 g/mol. The van der Waals surface area contributed by atoms with Crippen molar-refractivity contribution in [2.24, 2.45) is 11.7 Å². The summed E-state index contributed by atoms with van der Waals surface area (Å²) in [7, 11) is 0. The van der Waals surface area contributed by atoms with E-state index in [4.69, 9.17) is 10.5 Å². The highest BCUT2D eigenvalue weighted by molar-refractivity contribution is 7.13. The summed E-state index contributed by atoms with van der Waals surface area (Å²) in [5.74, 6) is -0.484. The third kappa shape index (κ3) is 5.90. The zero-order valence-electron chi connectivity index (χ0n) is 24.1. The molecule has 0 radical (unpaired) electrons. The van der Waals surface area contributed by atoms with Crippen molar-refractivity contribution in [2.75, 3.05) is 19.7 Å². The average Bonchev–Trinajstić information content (AvgIpc) is 3.67. The number of fused-ring (bicyclic) bond motifs is 1. The SMILES string of the molecule is Cc1ncsc1-c1ccc(CNC(=O)[C@@H]2C[C@@H](O)CN2C(=O)[C@H](C(C)C)N2Cc3ccccc3C2=O)c(OCCN)c1. The third-order valence-electron chi connectivity index (χ3n) is 7.84. The van der Waals surface area contributed by atoms with Crippen LogP contribution in [0.15, 0.2) is 48.0 Å². The quantitative estimate of drug-likeness (QED) is 0.330. The maximum atomic E-state index is 14.0. The summed E-state index contributed by atoms with van der Waals surface area (Å²) in [6.07, 6.45) is -0.717. The third-order valence-corrected chi connectivity index (χ3v) is 8.82. The highest BCUT2D eigenvalue weighted by Gasteiger charge is 2.45. The number of aromatic nitrogens is 1. The summed E-state index contributed by atoms with van der Waals surface area (Å²) in [6.45, 7) is 6.92. The number of hydrogen-bond donors (Lipinski definition) is 3. The number of nitrogens with two attached hydrogens (primary N) is 1. The van der Waals surface area contributed by atoms with Gasteiger partial charge in [-0.25, -0.2) is 4.98 Å². The Balaban J connectivity index is 1.32. The van der Waals surface area contributed by atoms with E-state index in [0.717, 1.165) is 27.3 Å². The van der Waals surface area contributed by atoms with Crippen LogP contribution in [0.4, 0.5) is 0 Å². The molecule has 2 aliphatic heterocycles. The molecule has 2 aromatic carbocycles. The van der Waals surface area contributed by atoms with Gasteiger partial charge in [0.05, 0.1) is 22.2 Å². The summed E-state index contributed by atoms with van der Waals surface area (Å²) < 4.78 is 5.92. The maximum Gasteiger partial charge on any atom is 0.255 e. The molecule has 10 nitrogen and oxygen atoms in total. The van der Waals surface area contributed by atoms with Crippen LogP contribution in [0.5, 0.6) is 5.75 Å². The second-order valence-electron chi connectivity index (χ2n) is 11.1. The molecule has 2 aliphatic rings. The molecule has 222 valence electrons. The lowest BCUT2D eigenvalue weighted by atomic mass is 10.0. The van der Waals surface area contributed by atoms with E-state index in [9.17, 15) is 19.5 Å². The molecule has 3 atom stereocenters. The van der Waals surface area contributed by atoms with Crippen molar-refractivity contribution in [1.29, 1.82) is 0 Å². The molecule has 1 aromatic heterocycles. The molecule has 3 aromatic rings. The number of nitrogens with zero attached hydrogens (tertiary/aromatic N) is 3. The minimum atomic E-state index is -0.860. The van der Waals surface area contributed by atoms with E-state index in [2.05, 4.69) is 10.3 Å². The number of aliphatic hydroxyl groups is 1. The Morgan fingerprint density at radius 2 is 2.02 bits per heavy atom. The molecule has 0 spiro atoms. The van der Waals surface area contributed by atoms with Crippen molar-refractivity contribution in [3.8, 4) is 16.2 Å². The van der Waals surface area contributed by atoms with Crippen molar-refractivity contribution in [1.82, 2.24) is 20.1 Å². The lowest BCUT2D eigenvalue weighted by Gasteiger charge is -2.35. The van der Waals surface area contributed by atoms with Gasteiger partial charge in [-0.05, 0) is 36.1 Å². The van der Waals surface area contributed by atoms with Gasteiger partial charge >= 0.3 is 0 Å². The number of rotatable bonds is 10. The van der Waals surface area contributed by atoms with Gasteiger partial charge in [-0.1, -0.05) is 44.2 Å². The number of carbonyl (C=O) groups is 3. The number of nitrogens with one attached hydrogen (secondary N) is 1. The Bertz CT molecular complexity index is 1470. The predicted octanol–water partition coefficient (Wildman–Crippen LogP) is 2.71. The molecule has 5 rings (SSSR count). The minimum absolute atomic E-state index is 0.0306. The van der Waals surface area contributed by atoms with Crippen LogP contribution in [0.2, 0.25) is 0 Å². The van der Waals surface area contributed by atoms with E-state index in [1.54, 1.807) is 27.8 Å². The molecule has 0 bridgehead atoms. The van der Waals surface area contributed by atoms with Gasteiger partial charge in [0.1, 0.15) is 24.4 Å². The Kier molecular flexibility index (Phi) is 8.91. The van der Waals surface area contributed by atoms with E-state index in [1.807, 2.05) is 57.2 Å². The predicted molar refractivity (Wildman–Crippen MR) is 160 cm³/mol. The lowest BCUT2D eigenvalue weighted by Crippen LogP contribution is -2.55. The summed E-state index contributed by atoms with van der Waals surface area (Å²) in [5.41, 5.74) is 11.6. The molecule has 42 heavy (non-hydrogen) atoms. The standard InChI is InChI=1S/C31H37N5O5S/c1-18(2)27(36-15-22-6-4-5-7-24(22)30(36)39)31(40)35-16-23(37)13-25(35)29(38)33-14-21-9-8-20(12-26(21)41-11-10-32)28-19(3)34-17-42-28/h4-9,12,17-18,23,25,27,37H,10-11,13-16,32H2,1-3H3,(H,33,38)/t23-,25+,27+/m1/s1. The first-order chi connectivity index (χ1) is 20.2. The molecule has 0 saturated carbocycles. The van der Waals surface area contributed by atoms with E-state index in [1.165, 1.54) is 4.90 Å². The topological polar surface area (TPSA) is 138 Å². The fraction of sp³-hybridized carbons (Fsp3) is 0.419. The fourth-order valence-electron chi connectivity index (χ4n) is 5.78. The molecular weight excluding hydrogens is 554 g/mol. The number of benzene rings is 2. The number of carbonyl (C=O) groups excluding carboxylic acids is 3. The zero-order valence-corrected chi connectivity index (χ0v) is 24.9. The van der Waals surface area contributed by atoms with Crippen molar-refractivity contribution >= 4 is 29.1 Å². The Morgan fingerprint density at radius 1 is 1.24 bits per heavy atom. The van der Waals surface area contributed by atoms with Crippen molar-refractivity contribution in [2.45, 2.75) is 58.5 Å². The zero-order chi connectivity index (χ0) is 30.0. The van der Waals surface area contributed by atoms with Gasteiger partial charge in [0, 0.05) is 43.7 Å². The Hall–Kier alpha value is -3.80. The first kappa shape index (κ1) is 29.7. The van der Waals surface area contributed by atoms with Crippen LogP contribution in [0.1, 0.15) is 47.4 Å². The lowest BCUT2D eigenvalue weighted by molar-refractivity contribution is -0.143. The first-order valence-electron chi connectivity index (χ1n) is 14.2. The molecule has 0 unspecified atom stereocenters. The van der Waals surface area contributed by atoms with Gasteiger partial charge in [-0.3, -0.25) is 14.4 Å². The number of likely N-dealkylation sites (tertiary alicyclic amines) is 1. The summed E-state index contributed by atoms with van der Waals surface area (Å²) in [4.78, 5) is 49.1. The number of hydrogen-bond acceptors (Lipinski definition) is 8. The first-order valence-corrected chi connectivity index (χ1v) is 15.1. The molecule has 1 fully saturated rings. The van der Waals surface area contributed by atoms with Crippen LogP contribution >= 0.6 is 11.3 Å². The van der Waals surface area contributed by atoms with Crippen LogP contribution in [-0.4, -0.2) is 75.5 Å². The van der Waals surface area contributed by atoms with E-state index in [-0.39, 0.29) is 43.1 Å². The number of β-amino-alcohol motifs (C(OH)–C–C–N with tert-alkyl or cyclic N) is 1. The maximum absolute atomic E-state index is 14.0. The number of amides is 3. The summed E-state index contributed by atoms with van der Waals surface area (Å²) >= 11 is 1.54. The van der Waals surface area contributed by atoms with Crippen LogP contribution in [0, 0.1) is 12.8 Å². The largest absolute Gasteiger partial charge is 0.492 e. The van der Waals surface area contributed by atoms with Crippen LogP contribution in [-0.2, 0) is 22.7 Å². The Morgan fingerprint density at radius 3 is 2.71 bits per heavy atom. The second kappa shape index (κ2) is 12.6. The number of aliphatic hydroxyl groups excluding tert-OH is 1. The van der Waals surface area contributed by atoms with Crippen LogP contribution in [0.25, 0.3) is 10.4 Å². The fourth-order valence-corrected chi connectivity index (χ4v) is 6.58. The van der Waals surface area contributed by atoms with Gasteiger partial charge in [0.2, 0.25) is 11.8 Å². The van der Waals surface area contributed by atoms with E-state index < -0.39 is 18.2 Å². The highest BCUT2D eigenvalue weighted by atomic mass is 32.1.